The molecule has 0 aliphatic carbocycles. The molecule has 29 heavy (non-hydrogen) atoms. The van der Waals surface area contributed by atoms with Crippen LogP contribution in [0.2, 0.25) is 0 Å². The lowest BCUT2D eigenvalue weighted by atomic mass is 9.96. The molecule has 4 nitrogen and oxygen atoms in total. The number of rotatable bonds is 9. The van der Waals surface area contributed by atoms with Gasteiger partial charge in [-0.1, -0.05) is 43.0 Å². The number of nitrogens with zero attached hydrogens (tertiary/aromatic N) is 1. The van der Waals surface area contributed by atoms with Gasteiger partial charge < -0.3 is 14.6 Å². The van der Waals surface area contributed by atoms with Gasteiger partial charge in [0.25, 0.3) is 0 Å². The Labute approximate surface area is 176 Å². The number of carbonyl (C=O) groups is 1. The normalized spacial score (nSPS) is 11.8. The van der Waals surface area contributed by atoms with Gasteiger partial charge in [0, 0.05) is 39.7 Å². The first kappa shape index (κ1) is 20.9. The molecule has 1 N–H and O–H groups in total. The molecule has 0 saturated carbocycles. The maximum atomic E-state index is 10.7. The molecule has 3 aromatic rings. The van der Waals surface area contributed by atoms with E-state index >= 15 is 0 Å². The summed E-state index contributed by atoms with van der Waals surface area (Å²) in [6.45, 7) is 4.27. The first-order valence-corrected chi connectivity index (χ1v) is 10.4. The van der Waals surface area contributed by atoms with E-state index in [9.17, 15) is 9.90 Å². The number of phenolic OH excluding ortho intramolecular Hbond substituents is 1. The van der Waals surface area contributed by atoms with Crippen LogP contribution in [0, 0.1) is 12.8 Å². The van der Waals surface area contributed by atoms with Crippen molar-refractivity contribution in [2.24, 2.45) is 5.92 Å². The Kier molecular flexibility index (Phi) is 7.30. The Morgan fingerprint density at radius 1 is 1.10 bits per heavy atom. The van der Waals surface area contributed by atoms with E-state index in [1.165, 1.54) is 0 Å². The third-order valence-corrected chi connectivity index (χ3v) is 5.89. The van der Waals surface area contributed by atoms with Crippen LogP contribution in [0.3, 0.4) is 0 Å². The quantitative estimate of drug-likeness (QED) is 0.468. The maximum Gasteiger partial charge on any atom is 0.126 e. The fraction of sp³-hybridized carbons (Fsp3) is 0.250. The van der Waals surface area contributed by atoms with Crippen molar-refractivity contribution in [3.63, 3.8) is 0 Å². The highest BCUT2D eigenvalue weighted by atomic mass is 32.2. The summed E-state index contributed by atoms with van der Waals surface area (Å²) in [6.07, 6.45) is 5.64. The molecule has 3 rings (SSSR count). The van der Waals surface area contributed by atoms with E-state index in [0.717, 1.165) is 32.8 Å². The number of aldehydes is 1. The summed E-state index contributed by atoms with van der Waals surface area (Å²) in [5.41, 5.74) is 2.65. The Hall–Kier alpha value is -2.79. The fourth-order valence-electron chi connectivity index (χ4n) is 3.09. The molecule has 0 amide bonds. The molecule has 0 saturated heterocycles. The zero-order valence-electron chi connectivity index (χ0n) is 16.7. The molecular formula is C24H25NO3S. The molecule has 1 unspecified atom stereocenters. The lowest BCUT2D eigenvalue weighted by Crippen LogP contribution is -2.03. The zero-order chi connectivity index (χ0) is 20.6. The lowest BCUT2D eigenvalue weighted by molar-refractivity contribution is -0.108. The van der Waals surface area contributed by atoms with Gasteiger partial charge in [-0.2, -0.15) is 0 Å². The third-order valence-electron chi connectivity index (χ3n) is 4.77. The summed E-state index contributed by atoms with van der Waals surface area (Å²) < 4.78 is 6.05. The van der Waals surface area contributed by atoms with E-state index < -0.39 is 0 Å². The molecule has 1 aromatic heterocycles. The summed E-state index contributed by atoms with van der Waals surface area (Å²) in [7, 11) is 0. The van der Waals surface area contributed by atoms with Crippen LogP contribution in [0.5, 0.6) is 11.5 Å². The second-order valence-electron chi connectivity index (χ2n) is 7.09. The number of phenols is 1. The number of aromatic nitrogens is 1. The molecule has 1 heterocycles. The Balaban J connectivity index is 1.72. The summed E-state index contributed by atoms with van der Waals surface area (Å²) >= 11 is 1.67. The molecule has 2 aromatic carbocycles. The topological polar surface area (TPSA) is 59.4 Å². The molecule has 150 valence electrons. The van der Waals surface area contributed by atoms with Gasteiger partial charge in [-0.3, -0.25) is 4.98 Å². The van der Waals surface area contributed by atoms with Crippen LogP contribution in [-0.4, -0.2) is 16.4 Å². The number of benzene rings is 2. The van der Waals surface area contributed by atoms with Gasteiger partial charge in [0.15, 0.2) is 0 Å². The predicted octanol–water partition coefficient (Wildman–Crippen LogP) is 5.59. The van der Waals surface area contributed by atoms with E-state index in [2.05, 4.69) is 11.1 Å². The predicted molar refractivity (Wildman–Crippen MR) is 116 cm³/mol. The van der Waals surface area contributed by atoms with Crippen LogP contribution in [0.25, 0.3) is 0 Å². The summed E-state index contributed by atoms with van der Waals surface area (Å²) in [4.78, 5) is 17.0. The standard InChI is InChI=1S/C24H25NO3S/c1-17(11-14-26)15-19-7-8-22(18(2)24(19)27)28-16-20-5-3-4-6-23(20)29-21-9-12-25-13-10-21/h3-10,12-14,17,27H,11,15-16H2,1-2H3. The fourth-order valence-corrected chi connectivity index (χ4v) is 4.01. The smallest absolute Gasteiger partial charge is 0.126 e. The molecule has 5 heteroatoms. The average molecular weight is 408 g/mol. The number of aromatic hydroxyl groups is 1. The minimum atomic E-state index is 0.196. The number of carbonyl (C=O) groups excluding carboxylic acids is 1. The summed E-state index contributed by atoms with van der Waals surface area (Å²) in [5.74, 6) is 1.11. The van der Waals surface area contributed by atoms with Crippen molar-refractivity contribution in [2.75, 3.05) is 0 Å². The van der Waals surface area contributed by atoms with Crippen molar-refractivity contribution < 1.29 is 14.6 Å². The highest BCUT2D eigenvalue weighted by Crippen LogP contribution is 2.34. The molecular weight excluding hydrogens is 382 g/mol. The Bertz CT molecular complexity index is 960. The van der Waals surface area contributed by atoms with Crippen LogP contribution < -0.4 is 4.74 Å². The Morgan fingerprint density at radius 3 is 2.62 bits per heavy atom. The second kappa shape index (κ2) is 10.1. The molecule has 0 aliphatic rings. The van der Waals surface area contributed by atoms with Crippen LogP contribution in [0.1, 0.15) is 30.0 Å². The van der Waals surface area contributed by atoms with Crippen LogP contribution in [0.4, 0.5) is 0 Å². The van der Waals surface area contributed by atoms with Crippen LogP contribution in [0.15, 0.2) is 70.7 Å². The molecule has 0 radical (unpaired) electrons. The minimum absolute atomic E-state index is 0.196. The molecule has 0 spiro atoms. The van der Waals surface area contributed by atoms with E-state index in [-0.39, 0.29) is 11.7 Å². The SMILES string of the molecule is Cc1c(OCc2ccccc2Sc2ccncc2)ccc(CC(C)CC=O)c1O. The number of hydrogen-bond acceptors (Lipinski definition) is 5. The summed E-state index contributed by atoms with van der Waals surface area (Å²) in [5, 5.41) is 10.6. The number of hydrogen-bond donors (Lipinski definition) is 1. The van der Waals surface area contributed by atoms with Gasteiger partial charge in [-0.25, -0.2) is 0 Å². The molecule has 0 bridgehead atoms. The maximum absolute atomic E-state index is 10.7. The van der Waals surface area contributed by atoms with E-state index in [1.807, 2.05) is 56.3 Å². The van der Waals surface area contributed by atoms with Gasteiger partial charge in [-0.15, -0.1) is 0 Å². The van der Waals surface area contributed by atoms with Crippen molar-refractivity contribution in [3.8, 4) is 11.5 Å². The average Bonchev–Trinajstić information content (AvgIpc) is 2.73. The van der Waals surface area contributed by atoms with Crippen molar-refractivity contribution in [1.29, 1.82) is 0 Å². The largest absolute Gasteiger partial charge is 0.507 e. The van der Waals surface area contributed by atoms with Gasteiger partial charge >= 0.3 is 0 Å². The van der Waals surface area contributed by atoms with Gasteiger partial charge in [0.1, 0.15) is 24.4 Å². The minimum Gasteiger partial charge on any atom is -0.507 e. The molecule has 0 aliphatic heterocycles. The third kappa shape index (κ3) is 5.61. The van der Waals surface area contributed by atoms with E-state index in [4.69, 9.17) is 4.74 Å². The van der Waals surface area contributed by atoms with E-state index in [0.29, 0.717) is 25.2 Å². The van der Waals surface area contributed by atoms with Crippen LogP contribution >= 0.6 is 11.8 Å². The number of pyridine rings is 1. The zero-order valence-corrected chi connectivity index (χ0v) is 17.5. The molecule has 1 atom stereocenters. The van der Waals surface area contributed by atoms with Crippen molar-refractivity contribution in [2.45, 2.75) is 43.1 Å². The number of ether oxygens (including phenoxy) is 1. The highest BCUT2D eigenvalue weighted by molar-refractivity contribution is 7.99. The van der Waals surface area contributed by atoms with Gasteiger partial charge in [0.2, 0.25) is 0 Å². The lowest BCUT2D eigenvalue weighted by Gasteiger charge is -2.16. The van der Waals surface area contributed by atoms with E-state index in [1.54, 1.807) is 24.2 Å². The van der Waals surface area contributed by atoms with Crippen molar-refractivity contribution in [3.05, 3.63) is 77.6 Å². The van der Waals surface area contributed by atoms with Crippen molar-refractivity contribution >= 4 is 18.0 Å². The van der Waals surface area contributed by atoms with Gasteiger partial charge in [-0.05, 0) is 49.1 Å². The second-order valence-corrected chi connectivity index (χ2v) is 8.20. The Morgan fingerprint density at radius 2 is 1.86 bits per heavy atom. The molecule has 0 fully saturated rings. The van der Waals surface area contributed by atoms with Crippen molar-refractivity contribution in [1.82, 2.24) is 4.98 Å². The highest BCUT2D eigenvalue weighted by Gasteiger charge is 2.13. The first-order valence-electron chi connectivity index (χ1n) is 9.62. The van der Waals surface area contributed by atoms with Crippen LogP contribution in [-0.2, 0) is 17.8 Å². The monoisotopic (exact) mass is 407 g/mol. The first-order chi connectivity index (χ1) is 14.1. The summed E-state index contributed by atoms with van der Waals surface area (Å²) in [6, 6.07) is 15.9. The van der Waals surface area contributed by atoms with Gasteiger partial charge in [0.05, 0.1) is 0 Å².